The normalized spacial score (nSPS) is 37.1. The first-order valence-corrected chi connectivity index (χ1v) is 8.27. The van der Waals surface area contributed by atoms with Crippen LogP contribution < -0.4 is 0 Å². The minimum absolute atomic E-state index is 0.0726. The minimum atomic E-state index is -0.406. The van der Waals surface area contributed by atoms with Gasteiger partial charge in [0.05, 0.1) is 18.6 Å². The monoisotopic (exact) mass is 286 g/mol. The molecule has 0 radical (unpaired) electrons. The number of aliphatic hydroxyl groups excluding tert-OH is 2. The molecule has 5 heteroatoms. The second kappa shape index (κ2) is 6.34. The zero-order valence-corrected chi connectivity index (χ0v) is 12.3. The van der Waals surface area contributed by atoms with Crippen LogP contribution in [0.5, 0.6) is 0 Å². The van der Waals surface area contributed by atoms with Crippen LogP contribution in [0.1, 0.15) is 32.6 Å². The molecule has 6 atom stereocenters. The number of hydrogen-bond acceptors (Lipinski definition) is 4. The molecule has 108 valence electrons. The lowest BCUT2D eigenvalue weighted by atomic mass is 9.79. The Morgan fingerprint density at radius 1 is 1.58 bits per heavy atom. The van der Waals surface area contributed by atoms with Crippen LogP contribution in [0, 0.1) is 17.8 Å². The van der Waals surface area contributed by atoms with Crippen molar-refractivity contribution in [1.29, 1.82) is 0 Å². The van der Waals surface area contributed by atoms with E-state index in [4.69, 9.17) is 4.74 Å². The number of ether oxygens (including phenoxy) is 1. The molecule has 2 rings (SSSR count). The van der Waals surface area contributed by atoms with Crippen LogP contribution in [0.2, 0.25) is 0 Å². The molecular formula is C14H23O4P. The van der Waals surface area contributed by atoms with Gasteiger partial charge in [0.25, 0.3) is 0 Å². The van der Waals surface area contributed by atoms with E-state index in [0.717, 1.165) is 20.8 Å². The van der Waals surface area contributed by atoms with Crippen LogP contribution in [0.15, 0.2) is 0 Å². The van der Waals surface area contributed by atoms with E-state index in [1.165, 1.54) is 0 Å². The summed E-state index contributed by atoms with van der Waals surface area (Å²) in [5.41, 5.74) is 0. The lowest BCUT2D eigenvalue weighted by Crippen LogP contribution is -2.29. The third-order valence-electron chi connectivity index (χ3n) is 4.50. The SMILES string of the molecule is C=PCCC(O)CC(C)C1C(O)CC2OC(=O)CC21. The summed E-state index contributed by atoms with van der Waals surface area (Å²) < 4.78 is 5.24. The topological polar surface area (TPSA) is 66.8 Å². The summed E-state index contributed by atoms with van der Waals surface area (Å²) in [5.74, 6) is 0.269. The minimum Gasteiger partial charge on any atom is -0.462 e. The quantitative estimate of drug-likeness (QED) is 0.573. The standard InChI is InChI=1S/C14H23O4P/c1-8(5-9(15)3-4-19-2)14-10-6-13(17)18-12(10)7-11(14)16/h8-12,14-16H,2-7H2,1H3. The van der Waals surface area contributed by atoms with Crippen molar-refractivity contribution in [3.63, 3.8) is 0 Å². The fraction of sp³-hybridized carbons (Fsp3) is 0.857. The van der Waals surface area contributed by atoms with Crippen LogP contribution >= 0.6 is 8.20 Å². The molecule has 2 fully saturated rings. The first kappa shape index (κ1) is 15.0. The highest BCUT2D eigenvalue weighted by atomic mass is 31.1. The predicted octanol–water partition coefficient (Wildman–Crippen LogP) is 1.45. The highest BCUT2D eigenvalue weighted by Crippen LogP contribution is 2.45. The van der Waals surface area contributed by atoms with Crippen molar-refractivity contribution in [1.82, 2.24) is 0 Å². The van der Waals surface area contributed by atoms with Gasteiger partial charge in [0.15, 0.2) is 0 Å². The molecule has 0 aromatic heterocycles. The predicted molar refractivity (Wildman–Crippen MR) is 75.4 cm³/mol. The molecule has 0 spiro atoms. The molecule has 1 aliphatic heterocycles. The number of rotatable bonds is 6. The second-order valence-corrected chi connectivity index (χ2v) is 6.77. The van der Waals surface area contributed by atoms with Crippen LogP contribution in [-0.4, -0.2) is 47.0 Å². The van der Waals surface area contributed by atoms with Gasteiger partial charge in [-0.05, 0) is 30.8 Å². The first-order chi connectivity index (χ1) is 9.02. The summed E-state index contributed by atoms with van der Waals surface area (Å²) in [6, 6.07) is 0. The summed E-state index contributed by atoms with van der Waals surface area (Å²) in [7, 11) is 1.05. The molecule has 2 N–H and O–H groups in total. The fourth-order valence-electron chi connectivity index (χ4n) is 3.66. The van der Waals surface area contributed by atoms with Gasteiger partial charge in [0.2, 0.25) is 0 Å². The third-order valence-corrected chi connectivity index (χ3v) is 5.07. The summed E-state index contributed by atoms with van der Waals surface area (Å²) in [4.78, 5) is 11.3. The number of hydrogen-bond donors (Lipinski definition) is 2. The maximum atomic E-state index is 11.3. The summed E-state index contributed by atoms with van der Waals surface area (Å²) >= 11 is 0. The van der Waals surface area contributed by atoms with E-state index >= 15 is 0 Å². The van der Waals surface area contributed by atoms with Crippen molar-refractivity contribution >= 4 is 20.5 Å². The molecule has 0 amide bonds. The average molecular weight is 286 g/mol. The molecule has 19 heavy (non-hydrogen) atoms. The average Bonchev–Trinajstić information content (AvgIpc) is 2.80. The Balaban J connectivity index is 1.92. The molecule has 4 nitrogen and oxygen atoms in total. The van der Waals surface area contributed by atoms with Crippen LogP contribution in [0.4, 0.5) is 0 Å². The summed E-state index contributed by atoms with van der Waals surface area (Å²) in [6.45, 7) is 2.06. The second-order valence-electron chi connectivity index (χ2n) is 5.88. The van der Waals surface area contributed by atoms with Gasteiger partial charge in [-0.15, -0.1) is 8.20 Å². The number of carbonyl (C=O) groups is 1. The lowest BCUT2D eigenvalue weighted by molar-refractivity contribution is -0.141. The number of fused-ring (bicyclic) bond motifs is 1. The lowest BCUT2D eigenvalue weighted by Gasteiger charge is -2.28. The van der Waals surface area contributed by atoms with Gasteiger partial charge in [0.1, 0.15) is 6.10 Å². The van der Waals surface area contributed by atoms with Gasteiger partial charge in [-0.1, -0.05) is 13.2 Å². The Kier molecular flexibility index (Phi) is 4.99. The van der Waals surface area contributed by atoms with Crippen molar-refractivity contribution < 1.29 is 19.7 Å². The molecule has 6 unspecified atom stereocenters. The van der Waals surface area contributed by atoms with E-state index in [1.807, 2.05) is 0 Å². The summed E-state index contributed by atoms with van der Waals surface area (Å²) in [6.07, 6.45) is 6.19. The van der Waals surface area contributed by atoms with Crippen molar-refractivity contribution in [2.24, 2.45) is 17.8 Å². The van der Waals surface area contributed by atoms with Gasteiger partial charge in [0, 0.05) is 12.3 Å². The Morgan fingerprint density at radius 2 is 2.32 bits per heavy atom. The van der Waals surface area contributed by atoms with E-state index in [9.17, 15) is 15.0 Å². The molecule has 1 aliphatic carbocycles. The highest BCUT2D eigenvalue weighted by molar-refractivity contribution is 7.36. The Hall–Kier alpha value is -0.440. The van der Waals surface area contributed by atoms with E-state index in [0.29, 0.717) is 19.3 Å². The third kappa shape index (κ3) is 3.36. The van der Waals surface area contributed by atoms with Crippen LogP contribution in [0.3, 0.4) is 0 Å². The largest absolute Gasteiger partial charge is 0.462 e. The Labute approximate surface area is 116 Å². The van der Waals surface area contributed by atoms with Gasteiger partial charge < -0.3 is 14.9 Å². The van der Waals surface area contributed by atoms with E-state index < -0.39 is 6.10 Å². The fourth-order valence-corrected chi connectivity index (χ4v) is 4.14. The van der Waals surface area contributed by atoms with E-state index in [-0.39, 0.29) is 35.9 Å². The van der Waals surface area contributed by atoms with Gasteiger partial charge in [-0.25, -0.2) is 0 Å². The first-order valence-electron chi connectivity index (χ1n) is 7.01. The molecule has 0 bridgehead atoms. The zero-order valence-electron chi connectivity index (χ0n) is 11.4. The summed E-state index contributed by atoms with van der Waals surface area (Å²) in [5, 5.41) is 20.1. The molecular weight excluding hydrogens is 263 g/mol. The molecule has 2 aliphatic rings. The molecule has 1 saturated carbocycles. The molecule has 1 heterocycles. The van der Waals surface area contributed by atoms with E-state index in [2.05, 4.69) is 13.2 Å². The maximum absolute atomic E-state index is 11.3. The Morgan fingerprint density at radius 3 is 3.00 bits per heavy atom. The number of esters is 1. The smallest absolute Gasteiger partial charge is 0.306 e. The van der Waals surface area contributed by atoms with Crippen molar-refractivity contribution in [2.45, 2.75) is 50.9 Å². The van der Waals surface area contributed by atoms with Gasteiger partial charge in [-0.2, -0.15) is 0 Å². The molecule has 0 aromatic rings. The maximum Gasteiger partial charge on any atom is 0.306 e. The molecule has 1 saturated heterocycles. The van der Waals surface area contributed by atoms with Crippen LogP contribution in [-0.2, 0) is 9.53 Å². The van der Waals surface area contributed by atoms with Gasteiger partial charge in [-0.3, -0.25) is 4.79 Å². The zero-order chi connectivity index (χ0) is 14.0. The van der Waals surface area contributed by atoms with E-state index in [1.54, 1.807) is 0 Å². The van der Waals surface area contributed by atoms with Crippen LogP contribution in [0.25, 0.3) is 0 Å². The van der Waals surface area contributed by atoms with Crippen molar-refractivity contribution in [3.8, 4) is 0 Å². The van der Waals surface area contributed by atoms with Gasteiger partial charge >= 0.3 is 5.97 Å². The molecule has 0 aromatic carbocycles. The van der Waals surface area contributed by atoms with Crippen molar-refractivity contribution in [3.05, 3.63) is 0 Å². The highest BCUT2D eigenvalue weighted by Gasteiger charge is 2.51. The number of carbonyl (C=O) groups excluding carboxylic acids is 1. The van der Waals surface area contributed by atoms with Crippen molar-refractivity contribution in [2.75, 3.05) is 6.16 Å². The Bertz CT molecular complexity index is 346. The number of aliphatic hydroxyl groups is 2.